The van der Waals surface area contributed by atoms with Gasteiger partial charge in [-0.25, -0.2) is 4.79 Å². The fraction of sp³-hybridized carbons (Fsp3) is 0.316. The lowest BCUT2D eigenvalue weighted by Gasteiger charge is -2.08. The van der Waals surface area contributed by atoms with E-state index in [0.717, 1.165) is 0 Å². The third-order valence-electron chi connectivity index (χ3n) is 3.59. The first-order chi connectivity index (χ1) is 12.8. The first kappa shape index (κ1) is 20.5. The molecule has 0 bridgehead atoms. The first-order valence-corrected chi connectivity index (χ1v) is 8.71. The molecule has 7 nitrogen and oxygen atoms in total. The number of halogens is 1. The summed E-state index contributed by atoms with van der Waals surface area (Å²) in [6.45, 7) is 4.69. The fourth-order valence-electron chi connectivity index (χ4n) is 2.46. The molecule has 0 atom stereocenters. The van der Waals surface area contributed by atoms with Crippen molar-refractivity contribution < 1.29 is 28.3 Å². The van der Waals surface area contributed by atoms with Crippen molar-refractivity contribution in [2.45, 2.75) is 27.2 Å². The fourth-order valence-corrected chi connectivity index (χ4v) is 2.65. The minimum atomic E-state index is -0.734. The summed E-state index contributed by atoms with van der Waals surface area (Å²) in [6, 6.07) is 6.90. The Morgan fingerprint density at radius 1 is 1.19 bits per heavy atom. The predicted octanol–water partition coefficient (Wildman–Crippen LogP) is 4.03. The van der Waals surface area contributed by atoms with Gasteiger partial charge >= 0.3 is 5.97 Å². The molecule has 27 heavy (non-hydrogen) atoms. The topological polar surface area (TPSA) is 94.8 Å². The summed E-state index contributed by atoms with van der Waals surface area (Å²) in [5.74, 6) is -0.959. The molecule has 8 heteroatoms. The number of rotatable bonds is 8. The third kappa shape index (κ3) is 5.10. The Morgan fingerprint density at radius 3 is 2.52 bits per heavy atom. The van der Waals surface area contributed by atoms with Crippen LogP contribution in [0, 0.1) is 6.92 Å². The summed E-state index contributed by atoms with van der Waals surface area (Å²) in [6.07, 6.45) is -0.0113. The number of Topliss-reactive ketones (excluding diaryl/α,β-unsaturated/α-hetero) is 1. The number of carbonyl (C=O) groups excluding carboxylic acids is 3. The van der Waals surface area contributed by atoms with Gasteiger partial charge in [-0.3, -0.25) is 14.9 Å². The largest absolute Gasteiger partial charge is 0.491 e. The Labute approximate surface area is 161 Å². The molecular weight excluding hydrogens is 374 g/mol. The number of aryl methyl sites for hydroxylation is 1. The van der Waals surface area contributed by atoms with E-state index < -0.39 is 11.9 Å². The predicted molar refractivity (Wildman–Crippen MR) is 99.6 cm³/mol. The van der Waals surface area contributed by atoms with Crippen molar-refractivity contribution in [2.75, 3.05) is 18.5 Å². The van der Waals surface area contributed by atoms with Gasteiger partial charge in [0, 0.05) is 0 Å². The smallest absolute Gasteiger partial charge is 0.344 e. The van der Waals surface area contributed by atoms with E-state index in [0.29, 0.717) is 10.8 Å². The zero-order valence-corrected chi connectivity index (χ0v) is 16.0. The van der Waals surface area contributed by atoms with E-state index in [-0.39, 0.29) is 48.2 Å². The van der Waals surface area contributed by atoms with Crippen LogP contribution >= 0.6 is 11.6 Å². The highest BCUT2D eigenvalue weighted by Crippen LogP contribution is 2.29. The second kappa shape index (κ2) is 9.23. The summed E-state index contributed by atoms with van der Waals surface area (Å²) < 4.78 is 15.8. The molecular formula is C19H20ClNO6. The summed E-state index contributed by atoms with van der Waals surface area (Å²) in [7, 11) is 0. The van der Waals surface area contributed by atoms with E-state index in [9.17, 15) is 14.4 Å². The zero-order chi connectivity index (χ0) is 20.0. The average Bonchev–Trinajstić information content (AvgIpc) is 2.93. The van der Waals surface area contributed by atoms with E-state index in [1.165, 1.54) is 13.8 Å². The van der Waals surface area contributed by atoms with Gasteiger partial charge in [0.15, 0.2) is 5.78 Å². The lowest BCUT2D eigenvalue weighted by Crippen LogP contribution is -2.18. The molecule has 0 aliphatic rings. The van der Waals surface area contributed by atoms with E-state index in [1.54, 1.807) is 31.2 Å². The van der Waals surface area contributed by atoms with Crippen molar-refractivity contribution in [2.24, 2.45) is 0 Å². The van der Waals surface area contributed by atoms with Crippen LogP contribution in [-0.4, -0.2) is 30.9 Å². The Morgan fingerprint density at radius 2 is 1.89 bits per heavy atom. The molecule has 2 rings (SSSR count). The van der Waals surface area contributed by atoms with Gasteiger partial charge in [-0.2, -0.15) is 0 Å². The summed E-state index contributed by atoms with van der Waals surface area (Å²) in [5, 5.41) is 2.94. The molecule has 0 radical (unpaired) electrons. The number of ether oxygens (including phenoxy) is 2. The number of para-hydroxylation sites is 1. The molecule has 0 saturated carbocycles. The highest BCUT2D eigenvalue weighted by atomic mass is 35.5. The Bertz CT molecular complexity index is 858. The summed E-state index contributed by atoms with van der Waals surface area (Å²) >= 11 is 5.98. The molecule has 144 valence electrons. The minimum Gasteiger partial charge on any atom is -0.491 e. The molecule has 0 aliphatic heterocycles. The minimum absolute atomic E-state index is 0.0113. The number of nitrogens with one attached hydrogen (secondary N) is 1. The standard InChI is InChI=1S/C19H20ClNO6/c1-4-25-19(24)17-16(11(2)22)12(3)27-18(17)21-15(23)9-10-26-14-8-6-5-7-13(14)20/h5-8H,4,9-10H2,1-3H3,(H,21,23). The lowest BCUT2D eigenvalue weighted by atomic mass is 10.1. The highest BCUT2D eigenvalue weighted by Gasteiger charge is 2.28. The number of hydrogen-bond donors (Lipinski definition) is 1. The van der Waals surface area contributed by atoms with Crippen LogP contribution < -0.4 is 10.1 Å². The molecule has 1 aromatic heterocycles. The SMILES string of the molecule is CCOC(=O)c1c(NC(=O)CCOc2ccccc2Cl)oc(C)c1C(C)=O. The summed E-state index contributed by atoms with van der Waals surface area (Å²) in [5.41, 5.74) is 0.0123. The number of ketones is 1. The van der Waals surface area contributed by atoms with Crippen LogP contribution in [0.3, 0.4) is 0 Å². The normalized spacial score (nSPS) is 10.4. The molecule has 1 N–H and O–H groups in total. The molecule has 1 heterocycles. The van der Waals surface area contributed by atoms with Crippen LogP contribution in [0.15, 0.2) is 28.7 Å². The number of hydrogen-bond acceptors (Lipinski definition) is 6. The van der Waals surface area contributed by atoms with Crippen molar-refractivity contribution in [1.82, 2.24) is 0 Å². The molecule has 0 fully saturated rings. The number of carbonyl (C=O) groups is 3. The van der Waals surface area contributed by atoms with Gasteiger partial charge in [0.05, 0.1) is 30.2 Å². The third-order valence-corrected chi connectivity index (χ3v) is 3.90. The van der Waals surface area contributed by atoms with Crippen LogP contribution in [0.1, 0.15) is 46.7 Å². The van der Waals surface area contributed by atoms with Crippen molar-refractivity contribution in [3.05, 3.63) is 46.2 Å². The first-order valence-electron chi connectivity index (χ1n) is 8.33. The van der Waals surface area contributed by atoms with Gasteiger partial charge in [0.2, 0.25) is 11.8 Å². The van der Waals surface area contributed by atoms with E-state index >= 15 is 0 Å². The molecule has 1 amide bonds. The van der Waals surface area contributed by atoms with Crippen LogP contribution in [0.4, 0.5) is 5.88 Å². The number of furan rings is 1. The van der Waals surface area contributed by atoms with E-state index in [1.807, 2.05) is 0 Å². The van der Waals surface area contributed by atoms with Gasteiger partial charge in [-0.15, -0.1) is 0 Å². The highest BCUT2D eigenvalue weighted by molar-refractivity contribution is 6.32. The van der Waals surface area contributed by atoms with Crippen LogP contribution in [0.25, 0.3) is 0 Å². The number of benzene rings is 1. The quantitative estimate of drug-likeness (QED) is 0.537. The van der Waals surface area contributed by atoms with Crippen molar-refractivity contribution in [3.8, 4) is 5.75 Å². The zero-order valence-electron chi connectivity index (χ0n) is 15.3. The van der Waals surface area contributed by atoms with Gasteiger partial charge in [0.1, 0.15) is 17.1 Å². The van der Waals surface area contributed by atoms with Gasteiger partial charge < -0.3 is 13.9 Å². The summed E-state index contributed by atoms with van der Waals surface area (Å²) in [4.78, 5) is 36.2. The molecule has 0 aliphatic carbocycles. The maximum Gasteiger partial charge on any atom is 0.344 e. The molecule has 0 spiro atoms. The number of anilines is 1. The van der Waals surface area contributed by atoms with Crippen LogP contribution in [0.2, 0.25) is 5.02 Å². The lowest BCUT2D eigenvalue weighted by molar-refractivity contribution is -0.116. The molecule has 0 unspecified atom stereocenters. The second-order valence-corrected chi connectivity index (χ2v) is 6.00. The van der Waals surface area contributed by atoms with Crippen molar-refractivity contribution >= 4 is 35.1 Å². The number of amides is 1. The second-order valence-electron chi connectivity index (χ2n) is 5.59. The van der Waals surface area contributed by atoms with Crippen molar-refractivity contribution in [3.63, 3.8) is 0 Å². The molecule has 0 saturated heterocycles. The van der Waals surface area contributed by atoms with Gasteiger partial charge in [-0.05, 0) is 32.9 Å². The Hall–Kier alpha value is -2.80. The maximum atomic E-state index is 12.2. The van der Waals surface area contributed by atoms with E-state index in [4.69, 9.17) is 25.5 Å². The molecule has 1 aromatic carbocycles. The monoisotopic (exact) mass is 393 g/mol. The Balaban J connectivity index is 2.08. The maximum absolute atomic E-state index is 12.2. The molecule has 2 aromatic rings. The van der Waals surface area contributed by atoms with Gasteiger partial charge in [0.25, 0.3) is 0 Å². The number of esters is 1. The van der Waals surface area contributed by atoms with Gasteiger partial charge in [-0.1, -0.05) is 23.7 Å². The van der Waals surface area contributed by atoms with Crippen LogP contribution in [-0.2, 0) is 9.53 Å². The van der Waals surface area contributed by atoms with Crippen molar-refractivity contribution in [1.29, 1.82) is 0 Å². The van der Waals surface area contributed by atoms with E-state index in [2.05, 4.69) is 5.32 Å². The van der Waals surface area contributed by atoms with Crippen LogP contribution in [0.5, 0.6) is 5.75 Å². The average molecular weight is 394 g/mol. The Kier molecular flexibility index (Phi) is 7.01.